The van der Waals surface area contributed by atoms with E-state index >= 15 is 0 Å². The summed E-state index contributed by atoms with van der Waals surface area (Å²) in [6.07, 6.45) is 1.40. The lowest BCUT2D eigenvalue weighted by atomic mass is 9.97. The zero-order valence-corrected chi connectivity index (χ0v) is 13.1. The van der Waals surface area contributed by atoms with Crippen LogP contribution in [0.1, 0.15) is 37.2 Å². The smallest absolute Gasteiger partial charge is 0.232 e. The number of hydrogen-bond donors (Lipinski definition) is 3. The number of amides is 3. The van der Waals surface area contributed by atoms with Gasteiger partial charge in [0.15, 0.2) is 0 Å². The summed E-state index contributed by atoms with van der Waals surface area (Å²) in [6, 6.07) is 5.45. The molecule has 1 atom stereocenters. The van der Waals surface area contributed by atoms with Crippen LogP contribution in [-0.4, -0.2) is 31.4 Å². The van der Waals surface area contributed by atoms with Gasteiger partial charge in [-0.1, -0.05) is 0 Å². The molecule has 0 aliphatic carbocycles. The fraction of sp³-hybridized carbons (Fsp3) is 0.438. The summed E-state index contributed by atoms with van der Waals surface area (Å²) in [7, 11) is 1.58. The van der Waals surface area contributed by atoms with Gasteiger partial charge in [-0.05, 0) is 36.6 Å². The van der Waals surface area contributed by atoms with Crippen molar-refractivity contribution < 1.29 is 19.1 Å². The number of nitrogens with two attached hydrogens (primary N) is 1. The Morgan fingerprint density at radius 2 is 2.13 bits per heavy atom. The highest BCUT2D eigenvalue weighted by Gasteiger charge is 2.30. The number of carbonyl (C=O) groups is 3. The summed E-state index contributed by atoms with van der Waals surface area (Å²) >= 11 is 0. The van der Waals surface area contributed by atoms with Gasteiger partial charge in [0.05, 0.1) is 13.0 Å². The number of rotatable bonds is 8. The van der Waals surface area contributed by atoms with Crippen molar-refractivity contribution in [3.05, 3.63) is 23.8 Å². The number of ether oxygens (including phenoxy) is 1. The quantitative estimate of drug-likeness (QED) is 0.661. The molecule has 1 aliphatic heterocycles. The summed E-state index contributed by atoms with van der Waals surface area (Å²) < 4.78 is 5.18. The van der Waals surface area contributed by atoms with E-state index in [4.69, 9.17) is 10.5 Å². The second-order valence-corrected chi connectivity index (χ2v) is 5.45. The van der Waals surface area contributed by atoms with Crippen LogP contribution in [0.3, 0.4) is 0 Å². The van der Waals surface area contributed by atoms with E-state index in [1.807, 2.05) is 12.1 Å². The molecule has 1 aromatic rings. The summed E-state index contributed by atoms with van der Waals surface area (Å²) in [6.45, 7) is 0.393. The molecule has 1 unspecified atom stereocenters. The molecule has 1 aromatic carbocycles. The Morgan fingerprint density at radius 3 is 2.83 bits per heavy atom. The minimum atomic E-state index is -0.411. The van der Waals surface area contributed by atoms with Crippen LogP contribution >= 0.6 is 0 Å². The third-order valence-electron chi connectivity index (χ3n) is 3.79. The van der Waals surface area contributed by atoms with Crippen molar-refractivity contribution >= 4 is 23.4 Å². The molecule has 0 aromatic heterocycles. The summed E-state index contributed by atoms with van der Waals surface area (Å²) in [5.74, 6) is -0.232. The van der Waals surface area contributed by atoms with Crippen LogP contribution in [0.25, 0.3) is 0 Å². The fourth-order valence-electron chi connectivity index (χ4n) is 2.59. The van der Waals surface area contributed by atoms with E-state index in [0.29, 0.717) is 25.1 Å². The predicted octanol–water partition coefficient (Wildman–Crippen LogP) is 0.893. The molecule has 124 valence electrons. The molecule has 0 bridgehead atoms. The lowest BCUT2D eigenvalue weighted by molar-refractivity contribution is -0.122. The van der Waals surface area contributed by atoms with Crippen molar-refractivity contribution in [3.8, 4) is 5.75 Å². The van der Waals surface area contributed by atoms with Gasteiger partial charge in [0, 0.05) is 25.1 Å². The normalized spacial score (nSPS) is 15.7. The number of primary amides is 1. The Kier molecular flexibility index (Phi) is 5.56. The van der Waals surface area contributed by atoms with Crippen molar-refractivity contribution in [2.75, 3.05) is 19.0 Å². The molecule has 4 N–H and O–H groups in total. The molecule has 0 spiro atoms. The van der Waals surface area contributed by atoms with Gasteiger partial charge < -0.3 is 21.1 Å². The standard InChI is InChI=1S/C16H21N3O4/c1-23-10-5-6-13-12(9-10)11(16(22)19-13)7-8-18-15(21)4-2-3-14(17)20/h5-6,9,11H,2-4,7-8H2,1H3,(H2,17,20)(H,18,21)(H,19,22). The first-order valence-corrected chi connectivity index (χ1v) is 7.55. The molecule has 3 amide bonds. The van der Waals surface area contributed by atoms with Gasteiger partial charge in [-0.15, -0.1) is 0 Å². The number of carbonyl (C=O) groups excluding carboxylic acids is 3. The zero-order valence-electron chi connectivity index (χ0n) is 13.1. The summed E-state index contributed by atoms with van der Waals surface area (Å²) in [4.78, 5) is 34.3. The lowest BCUT2D eigenvalue weighted by Gasteiger charge is -2.11. The van der Waals surface area contributed by atoms with E-state index in [1.54, 1.807) is 13.2 Å². The predicted molar refractivity (Wildman–Crippen MR) is 85.0 cm³/mol. The maximum atomic E-state index is 12.0. The Hall–Kier alpha value is -2.57. The van der Waals surface area contributed by atoms with E-state index in [-0.39, 0.29) is 30.6 Å². The molecule has 23 heavy (non-hydrogen) atoms. The first-order valence-electron chi connectivity index (χ1n) is 7.55. The molecule has 1 heterocycles. The Balaban J connectivity index is 1.83. The highest BCUT2D eigenvalue weighted by molar-refractivity contribution is 6.03. The van der Waals surface area contributed by atoms with Crippen molar-refractivity contribution in [3.63, 3.8) is 0 Å². The van der Waals surface area contributed by atoms with Crippen LogP contribution in [0.2, 0.25) is 0 Å². The average Bonchev–Trinajstić information content (AvgIpc) is 2.82. The molecule has 7 heteroatoms. The fourth-order valence-corrected chi connectivity index (χ4v) is 2.59. The highest BCUT2D eigenvalue weighted by Crippen LogP contribution is 2.36. The minimum Gasteiger partial charge on any atom is -0.497 e. The van der Waals surface area contributed by atoms with Crippen molar-refractivity contribution in [2.45, 2.75) is 31.6 Å². The SMILES string of the molecule is COc1ccc2c(c1)C(CCNC(=O)CCCC(N)=O)C(=O)N2. The van der Waals surface area contributed by atoms with Crippen LogP contribution in [0.15, 0.2) is 18.2 Å². The Labute approximate surface area is 134 Å². The first kappa shape index (κ1) is 16.8. The average molecular weight is 319 g/mol. The van der Waals surface area contributed by atoms with Crippen LogP contribution in [0, 0.1) is 0 Å². The van der Waals surface area contributed by atoms with E-state index in [9.17, 15) is 14.4 Å². The monoisotopic (exact) mass is 319 g/mol. The van der Waals surface area contributed by atoms with E-state index in [0.717, 1.165) is 11.3 Å². The third kappa shape index (κ3) is 4.45. The molecular formula is C16H21N3O4. The molecule has 0 saturated heterocycles. The molecule has 2 rings (SSSR count). The van der Waals surface area contributed by atoms with E-state index in [2.05, 4.69) is 10.6 Å². The number of methoxy groups -OCH3 is 1. The number of hydrogen-bond acceptors (Lipinski definition) is 4. The molecule has 7 nitrogen and oxygen atoms in total. The number of nitrogens with one attached hydrogen (secondary N) is 2. The first-order chi connectivity index (χ1) is 11.0. The molecule has 0 fully saturated rings. The van der Waals surface area contributed by atoms with Crippen LogP contribution in [0.4, 0.5) is 5.69 Å². The second kappa shape index (κ2) is 7.62. The van der Waals surface area contributed by atoms with E-state index < -0.39 is 5.91 Å². The van der Waals surface area contributed by atoms with E-state index in [1.165, 1.54) is 0 Å². The van der Waals surface area contributed by atoms with Gasteiger partial charge in [-0.2, -0.15) is 0 Å². The molecule has 0 radical (unpaired) electrons. The summed E-state index contributed by atoms with van der Waals surface area (Å²) in [5.41, 5.74) is 6.69. The van der Waals surface area contributed by atoms with Gasteiger partial charge in [-0.25, -0.2) is 0 Å². The Morgan fingerprint density at radius 1 is 1.35 bits per heavy atom. The van der Waals surface area contributed by atoms with Crippen molar-refractivity contribution in [2.24, 2.45) is 5.73 Å². The highest BCUT2D eigenvalue weighted by atomic mass is 16.5. The summed E-state index contributed by atoms with van der Waals surface area (Å²) in [5, 5.41) is 5.59. The van der Waals surface area contributed by atoms with Gasteiger partial charge in [0.1, 0.15) is 5.75 Å². The Bertz CT molecular complexity index is 615. The van der Waals surface area contributed by atoms with Gasteiger partial charge in [0.25, 0.3) is 0 Å². The maximum Gasteiger partial charge on any atom is 0.232 e. The van der Waals surface area contributed by atoms with Crippen molar-refractivity contribution in [1.82, 2.24) is 5.32 Å². The largest absolute Gasteiger partial charge is 0.497 e. The maximum absolute atomic E-state index is 12.0. The molecular weight excluding hydrogens is 298 g/mol. The van der Waals surface area contributed by atoms with Crippen LogP contribution < -0.4 is 21.1 Å². The molecule has 0 saturated carbocycles. The van der Waals surface area contributed by atoms with Crippen LogP contribution in [-0.2, 0) is 14.4 Å². The zero-order chi connectivity index (χ0) is 16.8. The number of benzene rings is 1. The third-order valence-corrected chi connectivity index (χ3v) is 3.79. The van der Waals surface area contributed by atoms with Gasteiger partial charge in [0.2, 0.25) is 17.7 Å². The number of fused-ring (bicyclic) bond motifs is 1. The van der Waals surface area contributed by atoms with Gasteiger partial charge >= 0.3 is 0 Å². The topological polar surface area (TPSA) is 111 Å². The number of anilines is 1. The van der Waals surface area contributed by atoms with Gasteiger partial charge in [-0.3, -0.25) is 14.4 Å². The lowest BCUT2D eigenvalue weighted by Crippen LogP contribution is -2.27. The van der Waals surface area contributed by atoms with Crippen LogP contribution in [0.5, 0.6) is 5.75 Å². The molecule has 1 aliphatic rings. The van der Waals surface area contributed by atoms with Crippen molar-refractivity contribution in [1.29, 1.82) is 0 Å². The second-order valence-electron chi connectivity index (χ2n) is 5.45. The minimum absolute atomic E-state index is 0.0729.